The molecule has 22 heavy (non-hydrogen) atoms. The third kappa shape index (κ3) is 3.16. The minimum Gasteiger partial charge on any atom is -0.497 e. The quantitative estimate of drug-likeness (QED) is 0.843. The molecule has 0 radical (unpaired) electrons. The molecule has 0 unspecified atom stereocenters. The first-order valence-electron chi connectivity index (χ1n) is 7.23. The normalized spacial score (nSPS) is 17.3. The molecule has 1 aromatic carbocycles. The first-order chi connectivity index (χ1) is 10.5. The van der Waals surface area contributed by atoms with Gasteiger partial charge in [0, 0.05) is 32.3 Å². The number of amides is 2. The summed E-state index contributed by atoms with van der Waals surface area (Å²) in [5.74, 6) is 0.894. The van der Waals surface area contributed by atoms with Gasteiger partial charge in [-0.1, -0.05) is 0 Å². The number of carbonyl (C=O) groups excluding carboxylic acids is 2. The molecular formula is C16H22N2O4. The number of benzene rings is 1. The molecule has 1 heterocycles. The number of likely N-dealkylation sites (N-methyl/N-ethyl adjacent to an activating group) is 1. The van der Waals surface area contributed by atoms with Crippen molar-refractivity contribution in [3.63, 3.8) is 0 Å². The summed E-state index contributed by atoms with van der Waals surface area (Å²) in [7, 11) is 6.49. The molecule has 1 aliphatic heterocycles. The van der Waals surface area contributed by atoms with Crippen LogP contribution < -0.4 is 9.47 Å². The monoisotopic (exact) mass is 306 g/mol. The number of nitrogens with zero attached hydrogens (tertiary/aromatic N) is 2. The van der Waals surface area contributed by atoms with Gasteiger partial charge in [-0.25, -0.2) is 0 Å². The van der Waals surface area contributed by atoms with Crippen molar-refractivity contribution in [2.75, 3.05) is 34.9 Å². The van der Waals surface area contributed by atoms with Crippen molar-refractivity contribution in [3.05, 3.63) is 23.8 Å². The van der Waals surface area contributed by atoms with Crippen LogP contribution in [0.3, 0.4) is 0 Å². The first-order valence-corrected chi connectivity index (χ1v) is 7.23. The van der Waals surface area contributed by atoms with Gasteiger partial charge in [-0.3, -0.25) is 9.59 Å². The zero-order valence-corrected chi connectivity index (χ0v) is 13.5. The predicted molar refractivity (Wildman–Crippen MR) is 82.3 cm³/mol. The third-order valence-electron chi connectivity index (χ3n) is 3.84. The molecule has 1 fully saturated rings. The average molecular weight is 306 g/mol. The zero-order valence-electron chi connectivity index (χ0n) is 13.5. The first kappa shape index (κ1) is 16.1. The summed E-state index contributed by atoms with van der Waals surface area (Å²) in [5, 5.41) is 0. The van der Waals surface area contributed by atoms with Gasteiger partial charge in [-0.2, -0.15) is 0 Å². The third-order valence-corrected chi connectivity index (χ3v) is 3.84. The van der Waals surface area contributed by atoms with Crippen molar-refractivity contribution in [1.29, 1.82) is 0 Å². The van der Waals surface area contributed by atoms with Crippen LogP contribution in [0, 0.1) is 0 Å². The summed E-state index contributed by atoms with van der Waals surface area (Å²) in [6.45, 7) is 0.586. The van der Waals surface area contributed by atoms with Gasteiger partial charge in [0.2, 0.25) is 5.91 Å². The van der Waals surface area contributed by atoms with E-state index in [0.717, 1.165) is 6.42 Å². The van der Waals surface area contributed by atoms with E-state index in [9.17, 15) is 9.59 Å². The molecule has 1 aliphatic rings. The van der Waals surface area contributed by atoms with E-state index in [0.29, 0.717) is 30.0 Å². The topological polar surface area (TPSA) is 59.1 Å². The second kappa shape index (κ2) is 6.68. The Labute approximate surface area is 130 Å². The highest BCUT2D eigenvalue weighted by Gasteiger charge is 2.35. The Morgan fingerprint density at radius 1 is 1.14 bits per heavy atom. The van der Waals surface area contributed by atoms with Crippen molar-refractivity contribution >= 4 is 11.8 Å². The smallest absolute Gasteiger partial charge is 0.254 e. The molecule has 2 rings (SSSR count). The highest BCUT2D eigenvalue weighted by Crippen LogP contribution is 2.26. The highest BCUT2D eigenvalue weighted by atomic mass is 16.5. The minimum absolute atomic E-state index is 0.0410. The van der Waals surface area contributed by atoms with Crippen molar-refractivity contribution in [3.8, 4) is 11.5 Å². The van der Waals surface area contributed by atoms with E-state index < -0.39 is 0 Å². The van der Waals surface area contributed by atoms with Gasteiger partial charge >= 0.3 is 0 Å². The summed E-state index contributed by atoms with van der Waals surface area (Å²) >= 11 is 0. The number of ether oxygens (including phenoxy) is 2. The summed E-state index contributed by atoms with van der Waals surface area (Å²) in [6.07, 6.45) is 1.53. The number of likely N-dealkylation sites (tertiary alicyclic amines) is 1. The van der Waals surface area contributed by atoms with Gasteiger partial charge in [-0.15, -0.1) is 0 Å². The molecule has 2 amide bonds. The SMILES string of the molecule is COc1cc(OC)cc(C(=O)N2CCC[C@@H]2C(=O)N(C)C)c1. The molecule has 0 bridgehead atoms. The number of rotatable bonds is 4. The van der Waals surface area contributed by atoms with Crippen molar-refractivity contribution < 1.29 is 19.1 Å². The maximum atomic E-state index is 12.8. The van der Waals surface area contributed by atoms with Crippen molar-refractivity contribution in [2.24, 2.45) is 0 Å². The van der Waals surface area contributed by atoms with Crippen molar-refractivity contribution in [1.82, 2.24) is 9.80 Å². The number of methoxy groups -OCH3 is 2. The Bertz CT molecular complexity index is 549. The lowest BCUT2D eigenvalue weighted by Gasteiger charge is -2.26. The molecule has 0 N–H and O–H groups in total. The lowest BCUT2D eigenvalue weighted by atomic mass is 10.1. The molecule has 1 saturated heterocycles. The number of hydrogen-bond donors (Lipinski definition) is 0. The molecule has 6 heteroatoms. The van der Waals surface area contributed by atoms with Gasteiger partial charge in [0.15, 0.2) is 0 Å². The van der Waals surface area contributed by atoms with Gasteiger partial charge in [0.1, 0.15) is 17.5 Å². The van der Waals surface area contributed by atoms with Crippen LogP contribution >= 0.6 is 0 Å². The maximum Gasteiger partial charge on any atom is 0.254 e. The molecule has 120 valence electrons. The van der Waals surface area contributed by atoms with E-state index in [1.165, 1.54) is 19.1 Å². The minimum atomic E-state index is -0.389. The largest absolute Gasteiger partial charge is 0.497 e. The highest BCUT2D eigenvalue weighted by molar-refractivity contribution is 5.98. The lowest BCUT2D eigenvalue weighted by Crippen LogP contribution is -2.45. The molecule has 6 nitrogen and oxygen atoms in total. The van der Waals surface area contributed by atoms with E-state index in [-0.39, 0.29) is 17.9 Å². The molecule has 0 saturated carbocycles. The van der Waals surface area contributed by atoms with E-state index in [4.69, 9.17) is 9.47 Å². The summed E-state index contributed by atoms with van der Waals surface area (Å²) in [6, 6.07) is 4.66. The zero-order chi connectivity index (χ0) is 16.3. The molecule has 0 aromatic heterocycles. The van der Waals surface area contributed by atoms with Crippen LogP contribution in [-0.2, 0) is 4.79 Å². The van der Waals surface area contributed by atoms with E-state index >= 15 is 0 Å². The van der Waals surface area contributed by atoms with Crippen LogP contribution in [0.2, 0.25) is 0 Å². The van der Waals surface area contributed by atoms with Gasteiger partial charge in [0.05, 0.1) is 14.2 Å². The van der Waals surface area contributed by atoms with Crippen LogP contribution in [0.5, 0.6) is 11.5 Å². The Balaban J connectivity index is 2.28. The Hall–Kier alpha value is -2.24. The van der Waals surface area contributed by atoms with Crippen LogP contribution in [0.25, 0.3) is 0 Å². The molecular weight excluding hydrogens is 284 g/mol. The fourth-order valence-electron chi connectivity index (χ4n) is 2.66. The van der Waals surface area contributed by atoms with Gasteiger partial charge in [-0.05, 0) is 25.0 Å². The standard InChI is InChI=1S/C16H22N2O4/c1-17(2)16(20)14-6-5-7-18(14)15(19)11-8-12(21-3)10-13(9-11)22-4/h8-10,14H,5-7H2,1-4H3/t14-/m1/s1. The Morgan fingerprint density at radius 2 is 1.73 bits per heavy atom. The van der Waals surface area contributed by atoms with E-state index in [1.54, 1.807) is 37.2 Å². The van der Waals surface area contributed by atoms with Gasteiger partial charge in [0.25, 0.3) is 5.91 Å². The van der Waals surface area contributed by atoms with Crippen LogP contribution in [-0.4, -0.2) is 62.5 Å². The fourth-order valence-corrected chi connectivity index (χ4v) is 2.66. The van der Waals surface area contributed by atoms with Gasteiger partial charge < -0.3 is 19.3 Å². The molecule has 1 aromatic rings. The average Bonchev–Trinajstić information content (AvgIpc) is 3.01. The maximum absolute atomic E-state index is 12.8. The van der Waals surface area contributed by atoms with Crippen LogP contribution in [0.4, 0.5) is 0 Å². The second-order valence-electron chi connectivity index (χ2n) is 5.49. The van der Waals surface area contributed by atoms with E-state index in [1.807, 2.05) is 0 Å². The van der Waals surface area contributed by atoms with Crippen LogP contribution in [0.15, 0.2) is 18.2 Å². The van der Waals surface area contributed by atoms with Crippen LogP contribution in [0.1, 0.15) is 23.2 Å². The number of carbonyl (C=O) groups is 2. The second-order valence-corrected chi connectivity index (χ2v) is 5.49. The fraction of sp³-hybridized carbons (Fsp3) is 0.500. The van der Waals surface area contributed by atoms with Crippen molar-refractivity contribution in [2.45, 2.75) is 18.9 Å². The molecule has 0 aliphatic carbocycles. The predicted octanol–water partition coefficient (Wildman–Crippen LogP) is 1.40. The summed E-state index contributed by atoms with van der Waals surface area (Å²) in [4.78, 5) is 28.2. The van der Waals surface area contributed by atoms with E-state index in [2.05, 4.69) is 0 Å². The summed E-state index contributed by atoms with van der Waals surface area (Å²) < 4.78 is 10.4. The Morgan fingerprint density at radius 3 is 2.23 bits per heavy atom. The lowest BCUT2D eigenvalue weighted by molar-refractivity contribution is -0.132. The number of hydrogen-bond acceptors (Lipinski definition) is 4. The Kier molecular flexibility index (Phi) is 4.90. The summed E-state index contributed by atoms with van der Waals surface area (Å²) in [5.41, 5.74) is 0.467. The molecule has 1 atom stereocenters. The molecule has 0 spiro atoms.